The van der Waals surface area contributed by atoms with Crippen LogP contribution in [0.25, 0.3) is 33.3 Å². The highest BCUT2D eigenvalue weighted by Crippen LogP contribution is 2.38. The van der Waals surface area contributed by atoms with Crippen molar-refractivity contribution in [2.75, 3.05) is 13.7 Å². The molecule has 0 aliphatic rings. The molecule has 3 N–H and O–H groups in total. The van der Waals surface area contributed by atoms with E-state index in [0.717, 1.165) is 27.6 Å². The fourth-order valence-corrected chi connectivity index (χ4v) is 4.40. The molecule has 0 radical (unpaired) electrons. The van der Waals surface area contributed by atoms with Crippen LogP contribution < -0.4 is 9.88 Å². The molecular formula is C27H26N2O4S. The predicted octanol–water partition coefficient (Wildman–Crippen LogP) is 4.82. The van der Waals surface area contributed by atoms with Gasteiger partial charge < -0.3 is 9.84 Å². The number of aliphatic hydroxyl groups is 1. The number of hydrogen-bond donors (Lipinski definition) is 2. The molecule has 3 aromatic carbocycles. The third kappa shape index (κ3) is 4.77. The first kappa shape index (κ1) is 23.8. The Bertz CT molecular complexity index is 1370. The van der Waals surface area contributed by atoms with Gasteiger partial charge in [-0.1, -0.05) is 48.0 Å². The molecule has 1 unspecified atom stereocenters. The summed E-state index contributed by atoms with van der Waals surface area (Å²) in [6.07, 6.45) is 0.611. The Kier molecular flexibility index (Phi) is 7.17. The number of benzene rings is 3. The standard InChI is InChI=1S/C27H26N2O4S/c1-17-5-14-23-22(16-17)25(24(31)4-3-15-30)27(33-2)26(29-23)20-8-6-18(7-9-20)19-10-12-21(13-11-19)34(28)32/h5-14,16,30H,3-4,15,28H2,1-2H3. The summed E-state index contributed by atoms with van der Waals surface area (Å²) >= 11 is 0. The van der Waals surface area contributed by atoms with E-state index in [2.05, 4.69) is 0 Å². The summed E-state index contributed by atoms with van der Waals surface area (Å²) in [6.45, 7) is 1.92. The Morgan fingerprint density at radius 2 is 1.62 bits per heavy atom. The monoisotopic (exact) mass is 474 g/mol. The maximum atomic E-state index is 13.2. The van der Waals surface area contributed by atoms with Gasteiger partial charge in [-0.05, 0) is 48.7 Å². The minimum absolute atomic E-state index is 0.0490. The molecule has 4 aromatic rings. The van der Waals surface area contributed by atoms with Gasteiger partial charge in [0.15, 0.2) is 11.5 Å². The number of fused-ring (bicyclic) bond motifs is 1. The zero-order valence-electron chi connectivity index (χ0n) is 19.1. The number of ketones is 1. The SMILES string of the molecule is COc1c(-c2ccc(-c3ccc(S(N)=O)cc3)cc2)nc2ccc(C)cc2c1C(=O)CCCO. The molecule has 0 spiro atoms. The smallest absolute Gasteiger partial charge is 0.167 e. The van der Waals surface area contributed by atoms with Gasteiger partial charge in [-0.3, -0.25) is 4.79 Å². The summed E-state index contributed by atoms with van der Waals surface area (Å²) in [5.41, 5.74) is 5.58. The molecule has 0 fully saturated rings. The van der Waals surface area contributed by atoms with Crippen molar-refractivity contribution in [3.8, 4) is 28.1 Å². The number of carbonyl (C=O) groups excluding carboxylic acids is 1. The highest BCUT2D eigenvalue weighted by Gasteiger charge is 2.22. The first-order valence-corrected chi connectivity index (χ1v) is 12.1. The molecule has 6 nitrogen and oxygen atoms in total. The van der Waals surface area contributed by atoms with Gasteiger partial charge in [0.1, 0.15) is 16.7 Å². The van der Waals surface area contributed by atoms with E-state index in [1.54, 1.807) is 19.2 Å². The largest absolute Gasteiger partial charge is 0.494 e. The van der Waals surface area contributed by atoms with Gasteiger partial charge >= 0.3 is 0 Å². The maximum Gasteiger partial charge on any atom is 0.167 e. The average Bonchev–Trinajstić information content (AvgIpc) is 2.86. The third-order valence-electron chi connectivity index (χ3n) is 5.72. The van der Waals surface area contributed by atoms with E-state index >= 15 is 0 Å². The van der Waals surface area contributed by atoms with Crippen molar-refractivity contribution in [1.82, 2.24) is 4.98 Å². The molecule has 0 aliphatic heterocycles. The number of pyridine rings is 1. The van der Waals surface area contributed by atoms with E-state index in [1.807, 2.05) is 61.5 Å². The van der Waals surface area contributed by atoms with Crippen molar-refractivity contribution in [3.05, 3.63) is 77.9 Å². The minimum Gasteiger partial charge on any atom is -0.494 e. The van der Waals surface area contributed by atoms with Gasteiger partial charge in [-0.25, -0.2) is 14.3 Å². The van der Waals surface area contributed by atoms with Crippen LogP contribution in [0.15, 0.2) is 71.6 Å². The predicted molar refractivity (Wildman–Crippen MR) is 135 cm³/mol. The van der Waals surface area contributed by atoms with E-state index in [4.69, 9.17) is 14.9 Å². The highest BCUT2D eigenvalue weighted by atomic mass is 32.2. The Morgan fingerprint density at radius 1 is 1.00 bits per heavy atom. The van der Waals surface area contributed by atoms with E-state index in [0.29, 0.717) is 33.8 Å². The van der Waals surface area contributed by atoms with Crippen LogP contribution in [-0.2, 0) is 11.0 Å². The minimum atomic E-state index is -1.51. The van der Waals surface area contributed by atoms with E-state index < -0.39 is 11.0 Å². The van der Waals surface area contributed by atoms with Crippen LogP contribution in [0.5, 0.6) is 5.75 Å². The van der Waals surface area contributed by atoms with Crippen molar-refractivity contribution >= 4 is 27.7 Å². The van der Waals surface area contributed by atoms with Crippen LogP contribution >= 0.6 is 0 Å². The van der Waals surface area contributed by atoms with Crippen LogP contribution in [-0.4, -0.2) is 33.8 Å². The molecule has 0 saturated heterocycles. The Labute approximate surface area is 201 Å². The molecule has 7 heteroatoms. The molecular weight excluding hydrogens is 448 g/mol. The number of aromatic nitrogens is 1. The molecule has 1 atom stereocenters. The van der Waals surface area contributed by atoms with Gasteiger partial charge in [0.2, 0.25) is 0 Å². The Hall–Kier alpha value is -3.39. The molecule has 1 aromatic heterocycles. The molecule has 34 heavy (non-hydrogen) atoms. The lowest BCUT2D eigenvalue weighted by Crippen LogP contribution is -2.07. The summed E-state index contributed by atoms with van der Waals surface area (Å²) in [7, 11) is 0.0325. The first-order valence-electron chi connectivity index (χ1n) is 10.9. The second kappa shape index (κ2) is 10.3. The average molecular weight is 475 g/mol. The lowest BCUT2D eigenvalue weighted by Gasteiger charge is -2.16. The Balaban J connectivity index is 1.81. The van der Waals surface area contributed by atoms with Crippen molar-refractivity contribution in [2.45, 2.75) is 24.7 Å². The van der Waals surface area contributed by atoms with Crippen molar-refractivity contribution in [1.29, 1.82) is 0 Å². The normalized spacial score (nSPS) is 12.0. The summed E-state index contributed by atoms with van der Waals surface area (Å²) in [5, 5.41) is 15.4. The lowest BCUT2D eigenvalue weighted by atomic mass is 9.95. The van der Waals surface area contributed by atoms with Crippen LogP contribution in [0, 0.1) is 6.92 Å². The highest BCUT2D eigenvalue weighted by molar-refractivity contribution is 7.82. The summed E-state index contributed by atoms with van der Waals surface area (Å²) < 4.78 is 17.2. The number of nitrogens with two attached hydrogens (primary N) is 1. The Morgan fingerprint density at radius 3 is 2.21 bits per heavy atom. The van der Waals surface area contributed by atoms with Crippen molar-refractivity contribution in [3.63, 3.8) is 0 Å². The molecule has 174 valence electrons. The molecule has 0 saturated carbocycles. The fraction of sp³-hybridized carbons (Fsp3) is 0.185. The van der Waals surface area contributed by atoms with Crippen molar-refractivity contribution in [2.24, 2.45) is 5.14 Å². The second-order valence-corrected chi connectivity index (χ2v) is 9.10. The summed E-state index contributed by atoms with van der Waals surface area (Å²) in [4.78, 5) is 18.6. The zero-order valence-corrected chi connectivity index (χ0v) is 19.9. The van der Waals surface area contributed by atoms with Gasteiger partial charge in [-0.15, -0.1) is 0 Å². The topological polar surface area (TPSA) is 103 Å². The van der Waals surface area contributed by atoms with Crippen LogP contribution in [0.1, 0.15) is 28.8 Å². The van der Waals surface area contributed by atoms with Gasteiger partial charge in [-0.2, -0.15) is 0 Å². The van der Waals surface area contributed by atoms with E-state index in [9.17, 15) is 14.1 Å². The van der Waals surface area contributed by atoms with Crippen LogP contribution in [0.2, 0.25) is 0 Å². The van der Waals surface area contributed by atoms with Gasteiger partial charge in [0.05, 0.1) is 23.1 Å². The molecule has 4 rings (SSSR count). The van der Waals surface area contributed by atoms with Gasteiger partial charge in [0.25, 0.3) is 0 Å². The van der Waals surface area contributed by atoms with Crippen LogP contribution in [0.3, 0.4) is 0 Å². The summed E-state index contributed by atoms with van der Waals surface area (Å²) in [5.74, 6) is 0.350. The zero-order chi connectivity index (χ0) is 24.2. The van der Waals surface area contributed by atoms with E-state index in [-0.39, 0.29) is 18.8 Å². The number of methoxy groups -OCH3 is 1. The second-order valence-electron chi connectivity index (χ2n) is 8.04. The number of nitrogens with zero attached hydrogens (tertiary/aromatic N) is 1. The van der Waals surface area contributed by atoms with E-state index in [1.165, 1.54) is 0 Å². The lowest BCUT2D eigenvalue weighted by molar-refractivity contribution is 0.0970. The molecule has 0 aliphatic carbocycles. The number of ether oxygens (including phenoxy) is 1. The number of hydrogen-bond acceptors (Lipinski definition) is 5. The maximum absolute atomic E-state index is 13.2. The summed E-state index contributed by atoms with van der Waals surface area (Å²) in [6, 6.07) is 20.9. The molecule has 1 heterocycles. The fourth-order valence-electron chi connectivity index (χ4n) is 4.00. The number of aliphatic hydroxyl groups excluding tert-OH is 1. The number of rotatable bonds is 8. The number of aryl methyl sites for hydroxylation is 1. The van der Waals surface area contributed by atoms with Crippen molar-refractivity contribution < 1.29 is 18.8 Å². The van der Waals surface area contributed by atoms with Gasteiger partial charge in [0, 0.05) is 24.0 Å². The number of carbonyl (C=O) groups is 1. The molecule has 0 bridgehead atoms. The third-order valence-corrected chi connectivity index (χ3v) is 6.46. The molecule has 0 amide bonds. The van der Waals surface area contributed by atoms with Crippen LogP contribution in [0.4, 0.5) is 0 Å². The number of Topliss-reactive ketones (excluding diaryl/α,β-unsaturated/α-hetero) is 1. The quantitative estimate of drug-likeness (QED) is 0.356. The first-order chi connectivity index (χ1) is 16.4.